The van der Waals surface area contributed by atoms with Crippen LogP contribution < -0.4 is 5.32 Å². The molecule has 22 heavy (non-hydrogen) atoms. The molecule has 0 aliphatic carbocycles. The van der Waals surface area contributed by atoms with E-state index in [0.717, 1.165) is 5.56 Å². The van der Waals surface area contributed by atoms with E-state index in [4.69, 9.17) is 5.11 Å². The van der Waals surface area contributed by atoms with Gasteiger partial charge in [-0.25, -0.2) is 0 Å². The van der Waals surface area contributed by atoms with Crippen LogP contribution in [0.5, 0.6) is 0 Å². The van der Waals surface area contributed by atoms with Crippen molar-refractivity contribution in [1.29, 1.82) is 0 Å². The van der Waals surface area contributed by atoms with Gasteiger partial charge in [0.05, 0.1) is 0 Å². The average Bonchev–Trinajstić information content (AvgIpc) is 2.45. The topological polar surface area (TPSA) is 66.4 Å². The van der Waals surface area contributed by atoms with E-state index in [0.29, 0.717) is 18.8 Å². The molecule has 4 heteroatoms. The van der Waals surface area contributed by atoms with Crippen LogP contribution in [-0.2, 0) is 9.59 Å². The maximum atomic E-state index is 11.7. The predicted molar refractivity (Wildman–Crippen MR) is 88.7 cm³/mol. The van der Waals surface area contributed by atoms with Crippen LogP contribution in [0.1, 0.15) is 57.1 Å². The minimum absolute atomic E-state index is 0.0689. The summed E-state index contributed by atoms with van der Waals surface area (Å²) in [5.74, 6) is -0.421. The Morgan fingerprint density at radius 2 is 1.82 bits per heavy atom. The van der Waals surface area contributed by atoms with Crippen molar-refractivity contribution in [1.82, 2.24) is 5.32 Å². The lowest BCUT2D eigenvalue weighted by Gasteiger charge is -2.11. The number of carbonyl (C=O) groups excluding carboxylic acids is 1. The van der Waals surface area contributed by atoms with E-state index in [9.17, 15) is 9.59 Å². The van der Waals surface area contributed by atoms with Crippen molar-refractivity contribution in [3.8, 4) is 0 Å². The van der Waals surface area contributed by atoms with Crippen molar-refractivity contribution in [2.75, 3.05) is 0 Å². The average molecular weight is 303 g/mol. The normalized spacial score (nSPS) is 12.5. The molecule has 0 radical (unpaired) electrons. The molecule has 0 spiro atoms. The summed E-state index contributed by atoms with van der Waals surface area (Å²) in [5.41, 5.74) is 2.36. The number of benzene rings is 1. The van der Waals surface area contributed by atoms with Gasteiger partial charge in [0.25, 0.3) is 0 Å². The van der Waals surface area contributed by atoms with E-state index in [1.807, 2.05) is 31.2 Å². The number of carboxylic acid groups (broad SMARTS) is 1. The second-order valence-electron chi connectivity index (χ2n) is 5.83. The number of carbonyl (C=O) groups is 2. The number of hydrogen-bond donors (Lipinski definition) is 2. The molecular formula is C18H25NO3. The van der Waals surface area contributed by atoms with Crippen molar-refractivity contribution in [2.45, 2.75) is 52.0 Å². The molecule has 1 aromatic carbocycles. The predicted octanol–water partition coefficient (Wildman–Crippen LogP) is 3.58. The van der Waals surface area contributed by atoms with Gasteiger partial charge in [0, 0.05) is 18.9 Å². The highest BCUT2D eigenvalue weighted by Gasteiger charge is 2.07. The highest BCUT2D eigenvalue weighted by atomic mass is 16.4. The molecule has 0 bridgehead atoms. The zero-order valence-electron chi connectivity index (χ0n) is 13.5. The molecule has 0 aliphatic heterocycles. The van der Waals surface area contributed by atoms with E-state index < -0.39 is 5.97 Å². The van der Waals surface area contributed by atoms with Crippen LogP contribution >= 0.6 is 0 Å². The Morgan fingerprint density at radius 1 is 1.18 bits per heavy atom. The van der Waals surface area contributed by atoms with Crippen molar-refractivity contribution in [2.24, 2.45) is 0 Å². The highest BCUT2D eigenvalue weighted by molar-refractivity contribution is 5.78. The number of aliphatic carboxylic acids is 1. The van der Waals surface area contributed by atoms with Gasteiger partial charge in [0.15, 0.2) is 0 Å². The summed E-state index contributed by atoms with van der Waals surface area (Å²) in [4.78, 5) is 22.2. The summed E-state index contributed by atoms with van der Waals surface area (Å²) in [5, 5.41) is 11.4. The monoisotopic (exact) mass is 303 g/mol. The van der Waals surface area contributed by atoms with Gasteiger partial charge >= 0.3 is 5.97 Å². The molecule has 0 saturated carbocycles. The van der Waals surface area contributed by atoms with Crippen molar-refractivity contribution in [3.05, 3.63) is 41.5 Å². The van der Waals surface area contributed by atoms with Crippen LogP contribution in [0.2, 0.25) is 0 Å². The van der Waals surface area contributed by atoms with Gasteiger partial charge in [-0.15, -0.1) is 0 Å². The fraction of sp³-hybridized carbons (Fsp3) is 0.444. The number of rotatable bonds is 8. The largest absolute Gasteiger partial charge is 0.481 e. The lowest BCUT2D eigenvalue weighted by Crippen LogP contribution is -2.32. The molecule has 0 heterocycles. The van der Waals surface area contributed by atoms with Crippen LogP contribution in [0, 0.1) is 0 Å². The molecular weight excluding hydrogens is 278 g/mol. The Bertz CT molecular complexity index is 518. The van der Waals surface area contributed by atoms with E-state index in [2.05, 4.69) is 31.3 Å². The Balaban J connectivity index is 2.38. The molecule has 1 aromatic rings. The Kier molecular flexibility index (Phi) is 7.37. The van der Waals surface area contributed by atoms with Gasteiger partial charge in [0.1, 0.15) is 0 Å². The van der Waals surface area contributed by atoms with Crippen LogP contribution in [0.25, 0.3) is 6.08 Å². The van der Waals surface area contributed by atoms with E-state index in [1.165, 1.54) is 5.56 Å². The molecule has 120 valence electrons. The second-order valence-corrected chi connectivity index (χ2v) is 5.83. The number of carboxylic acids is 1. The van der Waals surface area contributed by atoms with Gasteiger partial charge in [-0.1, -0.05) is 50.3 Å². The molecule has 0 aromatic heterocycles. The first kappa shape index (κ1) is 18.0. The number of amides is 1. The first-order valence-corrected chi connectivity index (χ1v) is 7.66. The third kappa shape index (κ3) is 7.07. The second kappa shape index (κ2) is 9.03. The highest BCUT2D eigenvalue weighted by Crippen LogP contribution is 2.15. The molecule has 1 rings (SSSR count). The SMILES string of the molecule is CC(CCC(=O)O)NC(=O)C/C=C/c1ccc(C(C)C)cc1. The van der Waals surface area contributed by atoms with E-state index >= 15 is 0 Å². The molecule has 1 amide bonds. The number of nitrogens with one attached hydrogen (secondary N) is 1. The first-order valence-electron chi connectivity index (χ1n) is 7.66. The maximum Gasteiger partial charge on any atom is 0.303 e. The van der Waals surface area contributed by atoms with Gasteiger partial charge in [0.2, 0.25) is 5.91 Å². The maximum absolute atomic E-state index is 11.7. The molecule has 4 nitrogen and oxygen atoms in total. The van der Waals surface area contributed by atoms with Gasteiger partial charge in [-0.2, -0.15) is 0 Å². The molecule has 0 fully saturated rings. The van der Waals surface area contributed by atoms with Crippen molar-refractivity contribution in [3.63, 3.8) is 0 Å². The Hall–Kier alpha value is -2.10. The smallest absolute Gasteiger partial charge is 0.303 e. The molecule has 1 atom stereocenters. The molecule has 2 N–H and O–H groups in total. The summed E-state index contributed by atoms with van der Waals surface area (Å²) in [6.45, 7) is 6.12. The van der Waals surface area contributed by atoms with E-state index in [-0.39, 0.29) is 18.4 Å². The first-order chi connectivity index (χ1) is 10.4. The third-order valence-corrected chi connectivity index (χ3v) is 3.42. The molecule has 0 saturated heterocycles. The van der Waals surface area contributed by atoms with Crippen LogP contribution in [0.4, 0.5) is 0 Å². The Labute approximate surface area is 132 Å². The lowest BCUT2D eigenvalue weighted by atomic mass is 10.0. The molecule has 1 unspecified atom stereocenters. The van der Waals surface area contributed by atoms with Crippen molar-refractivity contribution < 1.29 is 14.7 Å². The van der Waals surface area contributed by atoms with E-state index in [1.54, 1.807) is 0 Å². The quantitative estimate of drug-likeness (QED) is 0.771. The van der Waals surface area contributed by atoms with Crippen molar-refractivity contribution >= 4 is 18.0 Å². The third-order valence-electron chi connectivity index (χ3n) is 3.42. The zero-order valence-corrected chi connectivity index (χ0v) is 13.5. The zero-order chi connectivity index (χ0) is 16.5. The fourth-order valence-electron chi connectivity index (χ4n) is 2.04. The summed E-state index contributed by atoms with van der Waals surface area (Å²) in [7, 11) is 0. The van der Waals surface area contributed by atoms with Gasteiger partial charge < -0.3 is 10.4 Å². The standard InChI is InChI=1S/C18H25NO3/c1-13(2)16-10-8-15(9-11-16)5-4-6-17(20)19-14(3)7-12-18(21)22/h4-5,8-11,13-14H,6-7,12H2,1-3H3,(H,19,20)(H,21,22)/b5-4+. The Morgan fingerprint density at radius 3 is 2.36 bits per heavy atom. The summed E-state index contributed by atoms with van der Waals surface area (Å²) in [6.07, 6.45) is 4.56. The lowest BCUT2D eigenvalue weighted by molar-refractivity contribution is -0.137. The van der Waals surface area contributed by atoms with Crippen LogP contribution in [0.15, 0.2) is 30.3 Å². The van der Waals surface area contributed by atoms with Gasteiger partial charge in [-0.3, -0.25) is 9.59 Å². The fourth-order valence-corrected chi connectivity index (χ4v) is 2.04. The minimum Gasteiger partial charge on any atom is -0.481 e. The van der Waals surface area contributed by atoms with Crippen LogP contribution in [0.3, 0.4) is 0 Å². The summed E-state index contributed by atoms with van der Waals surface area (Å²) < 4.78 is 0. The molecule has 0 aliphatic rings. The summed E-state index contributed by atoms with van der Waals surface area (Å²) >= 11 is 0. The minimum atomic E-state index is -0.842. The number of hydrogen-bond acceptors (Lipinski definition) is 2. The van der Waals surface area contributed by atoms with Crippen LogP contribution in [-0.4, -0.2) is 23.0 Å². The van der Waals surface area contributed by atoms with Gasteiger partial charge in [-0.05, 0) is 30.4 Å². The summed E-state index contributed by atoms with van der Waals surface area (Å²) in [6, 6.07) is 8.15.